The lowest BCUT2D eigenvalue weighted by Crippen LogP contribution is -2.48. The van der Waals surface area contributed by atoms with Crippen molar-refractivity contribution >= 4 is 12.0 Å². The Morgan fingerprint density at radius 2 is 1.87 bits per heavy atom. The van der Waals surface area contributed by atoms with Gasteiger partial charge in [-0.3, -0.25) is 4.79 Å². The zero-order valence-corrected chi connectivity index (χ0v) is 18.3. The van der Waals surface area contributed by atoms with Gasteiger partial charge in [-0.25, -0.2) is 4.79 Å². The van der Waals surface area contributed by atoms with Crippen LogP contribution >= 0.6 is 0 Å². The number of amides is 2. The predicted molar refractivity (Wildman–Crippen MR) is 116 cm³/mol. The topological polar surface area (TPSA) is 56.3 Å². The van der Waals surface area contributed by atoms with Gasteiger partial charge in [-0.15, -0.1) is 0 Å². The standard InChI is InChI=1S/C23H34N4O3/c1-24(2)20-9-14-25(17-20)12-6-13-27-18-23(30-22(27)29)10-15-26(16-11-23)21(28)19-7-4-3-5-8-19/h3-5,7-8,20H,6,9-18H2,1-2H3/t20-/m1/s1. The van der Waals surface area contributed by atoms with E-state index in [-0.39, 0.29) is 12.0 Å². The zero-order valence-electron chi connectivity index (χ0n) is 18.3. The fourth-order valence-electron chi connectivity index (χ4n) is 4.93. The summed E-state index contributed by atoms with van der Waals surface area (Å²) in [7, 11) is 4.29. The maximum atomic E-state index is 12.7. The second-order valence-electron chi connectivity index (χ2n) is 9.19. The van der Waals surface area contributed by atoms with E-state index >= 15 is 0 Å². The van der Waals surface area contributed by atoms with E-state index in [1.54, 1.807) is 0 Å². The van der Waals surface area contributed by atoms with E-state index in [4.69, 9.17) is 4.74 Å². The number of hydrogen-bond acceptors (Lipinski definition) is 5. The molecule has 3 heterocycles. The molecule has 3 aliphatic rings. The normalized spacial score (nSPS) is 24.1. The first-order chi connectivity index (χ1) is 14.5. The second kappa shape index (κ2) is 8.94. The van der Waals surface area contributed by atoms with Gasteiger partial charge in [0.25, 0.3) is 5.91 Å². The summed E-state index contributed by atoms with van der Waals surface area (Å²) in [6.45, 7) is 5.95. The van der Waals surface area contributed by atoms with E-state index in [0.29, 0.717) is 38.5 Å². The lowest BCUT2D eigenvalue weighted by Gasteiger charge is -2.37. The third-order valence-electron chi connectivity index (χ3n) is 6.90. The number of rotatable bonds is 6. The van der Waals surface area contributed by atoms with Gasteiger partial charge in [0.15, 0.2) is 0 Å². The molecule has 0 saturated carbocycles. The minimum absolute atomic E-state index is 0.0632. The SMILES string of the molecule is CN(C)[C@@H]1CCN(CCCN2CC3(CCN(C(=O)c4ccccc4)CC3)OC2=O)C1. The van der Waals surface area contributed by atoms with Gasteiger partial charge in [-0.05, 0) is 52.2 Å². The zero-order chi connectivity index (χ0) is 21.1. The largest absolute Gasteiger partial charge is 0.441 e. The molecule has 1 spiro atoms. The van der Waals surface area contributed by atoms with Crippen LogP contribution < -0.4 is 0 Å². The third kappa shape index (κ3) is 4.62. The molecule has 0 aromatic heterocycles. The van der Waals surface area contributed by atoms with Crippen molar-refractivity contribution in [3.63, 3.8) is 0 Å². The van der Waals surface area contributed by atoms with Crippen molar-refractivity contribution in [1.29, 1.82) is 0 Å². The van der Waals surface area contributed by atoms with E-state index in [1.807, 2.05) is 40.1 Å². The molecule has 3 aliphatic heterocycles. The fraction of sp³-hybridized carbons (Fsp3) is 0.652. The fourth-order valence-corrected chi connectivity index (χ4v) is 4.93. The van der Waals surface area contributed by atoms with Gasteiger partial charge in [0.2, 0.25) is 0 Å². The first kappa shape index (κ1) is 21.1. The Kier molecular flexibility index (Phi) is 6.29. The maximum Gasteiger partial charge on any atom is 0.410 e. The van der Waals surface area contributed by atoms with E-state index < -0.39 is 5.60 Å². The van der Waals surface area contributed by atoms with Crippen molar-refractivity contribution in [3.05, 3.63) is 35.9 Å². The second-order valence-corrected chi connectivity index (χ2v) is 9.19. The highest BCUT2D eigenvalue weighted by atomic mass is 16.6. The maximum absolute atomic E-state index is 12.7. The Morgan fingerprint density at radius 1 is 1.13 bits per heavy atom. The summed E-state index contributed by atoms with van der Waals surface area (Å²) < 4.78 is 5.84. The number of likely N-dealkylation sites (tertiary alicyclic amines) is 2. The van der Waals surface area contributed by atoms with Crippen molar-refractivity contribution in [3.8, 4) is 0 Å². The number of ether oxygens (including phenoxy) is 1. The van der Waals surface area contributed by atoms with Gasteiger partial charge in [0, 0.05) is 50.6 Å². The van der Waals surface area contributed by atoms with Gasteiger partial charge in [-0.2, -0.15) is 0 Å². The molecule has 0 radical (unpaired) electrons. The van der Waals surface area contributed by atoms with Crippen LogP contribution in [0.2, 0.25) is 0 Å². The van der Waals surface area contributed by atoms with Crippen molar-refractivity contribution in [2.75, 3.05) is 59.9 Å². The average Bonchev–Trinajstić information content (AvgIpc) is 3.34. The van der Waals surface area contributed by atoms with Gasteiger partial charge in [-0.1, -0.05) is 18.2 Å². The number of piperidine rings is 1. The number of hydrogen-bond donors (Lipinski definition) is 0. The molecule has 0 N–H and O–H groups in total. The Hall–Kier alpha value is -2.12. The molecule has 0 aliphatic carbocycles. The molecule has 1 aromatic carbocycles. The first-order valence-corrected chi connectivity index (χ1v) is 11.2. The lowest BCUT2D eigenvalue weighted by atomic mass is 9.91. The molecular formula is C23H34N4O3. The number of nitrogens with zero attached hydrogens (tertiary/aromatic N) is 4. The van der Waals surface area contributed by atoms with Crippen molar-refractivity contribution in [2.24, 2.45) is 0 Å². The lowest BCUT2D eigenvalue weighted by molar-refractivity contribution is 0.00313. The predicted octanol–water partition coefficient (Wildman–Crippen LogP) is 2.14. The van der Waals surface area contributed by atoms with Crippen LogP contribution in [0.25, 0.3) is 0 Å². The van der Waals surface area contributed by atoms with Gasteiger partial charge in [0.1, 0.15) is 5.60 Å². The Morgan fingerprint density at radius 3 is 2.53 bits per heavy atom. The molecule has 4 rings (SSSR count). The number of carbonyl (C=O) groups is 2. The van der Waals surface area contributed by atoms with Crippen molar-refractivity contribution < 1.29 is 14.3 Å². The summed E-state index contributed by atoms with van der Waals surface area (Å²) in [5.41, 5.74) is 0.297. The summed E-state index contributed by atoms with van der Waals surface area (Å²) in [6, 6.07) is 10.0. The molecule has 30 heavy (non-hydrogen) atoms. The summed E-state index contributed by atoms with van der Waals surface area (Å²) in [6.07, 6.45) is 3.43. The van der Waals surface area contributed by atoms with Gasteiger partial charge < -0.3 is 24.3 Å². The molecule has 3 fully saturated rings. The quantitative estimate of drug-likeness (QED) is 0.714. The Labute approximate surface area is 179 Å². The van der Waals surface area contributed by atoms with Crippen LogP contribution in [-0.2, 0) is 4.74 Å². The van der Waals surface area contributed by atoms with Crippen LogP contribution in [0, 0.1) is 0 Å². The molecule has 3 saturated heterocycles. The Bertz CT molecular complexity index is 746. The van der Waals surface area contributed by atoms with Gasteiger partial charge >= 0.3 is 6.09 Å². The monoisotopic (exact) mass is 414 g/mol. The molecule has 7 nitrogen and oxygen atoms in total. The molecule has 2 amide bonds. The number of likely N-dealkylation sites (N-methyl/N-ethyl adjacent to an activating group) is 1. The average molecular weight is 415 g/mol. The number of carbonyl (C=O) groups excluding carboxylic acids is 2. The smallest absolute Gasteiger partial charge is 0.410 e. The van der Waals surface area contributed by atoms with Crippen molar-refractivity contribution in [2.45, 2.75) is 37.3 Å². The van der Waals surface area contributed by atoms with E-state index in [0.717, 1.165) is 38.2 Å². The summed E-state index contributed by atoms with van der Waals surface area (Å²) in [4.78, 5) is 33.7. The van der Waals surface area contributed by atoms with Gasteiger partial charge in [0.05, 0.1) is 6.54 Å². The summed E-state index contributed by atoms with van der Waals surface area (Å²) in [5, 5.41) is 0. The highest BCUT2D eigenvalue weighted by molar-refractivity contribution is 5.94. The van der Waals surface area contributed by atoms with Crippen molar-refractivity contribution in [1.82, 2.24) is 19.6 Å². The molecule has 0 bridgehead atoms. The molecule has 164 valence electrons. The van der Waals surface area contributed by atoms with E-state index in [9.17, 15) is 9.59 Å². The van der Waals surface area contributed by atoms with Crippen LogP contribution in [-0.4, -0.2) is 103 Å². The molecule has 1 atom stereocenters. The first-order valence-electron chi connectivity index (χ1n) is 11.2. The molecule has 7 heteroatoms. The summed E-state index contributed by atoms with van der Waals surface area (Å²) >= 11 is 0. The van der Waals surface area contributed by atoms with Crippen LogP contribution in [0.1, 0.15) is 36.0 Å². The Balaban J connectivity index is 1.22. The molecule has 1 aromatic rings. The molecule has 0 unspecified atom stereocenters. The van der Waals surface area contributed by atoms with Crippen LogP contribution in [0.3, 0.4) is 0 Å². The highest BCUT2D eigenvalue weighted by Crippen LogP contribution is 2.33. The van der Waals surface area contributed by atoms with Crippen LogP contribution in [0.5, 0.6) is 0 Å². The highest BCUT2D eigenvalue weighted by Gasteiger charge is 2.47. The summed E-state index contributed by atoms with van der Waals surface area (Å²) in [5.74, 6) is 0.0632. The number of benzene rings is 1. The van der Waals surface area contributed by atoms with E-state index in [1.165, 1.54) is 6.42 Å². The molecular weight excluding hydrogens is 380 g/mol. The van der Waals surface area contributed by atoms with Crippen LogP contribution in [0.4, 0.5) is 4.79 Å². The van der Waals surface area contributed by atoms with E-state index in [2.05, 4.69) is 23.9 Å². The van der Waals surface area contributed by atoms with Crippen LogP contribution in [0.15, 0.2) is 30.3 Å². The minimum atomic E-state index is -0.422. The minimum Gasteiger partial charge on any atom is -0.441 e. The third-order valence-corrected chi connectivity index (χ3v) is 6.90.